The Morgan fingerprint density at radius 2 is 1.83 bits per heavy atom. The molecule has 3 aromatic rings. The van der Waals surface area contributed by atoms with Crippen LogP contribution in [0, 0.1) is 17.2 Å². The number of nitrogens with one attached hydrogen (secondary N) is 2. The van der Waals surface area contributed by atoms with Crippen molar-refractivity contribution in [3.05, 3.63) is 83.4 Å². The molecule has 0 saturated carbocycles. The summed E-state index contributed by atoms with van der Waals surface area (Å²) in [7, 11) is 0. The average molecular weight is 413 g/mol. The van der Waals surface area contributed by atoms with Crippen LogP contribution < -0.4 is 10.2 Å². The average Bonchev–Trinajstić information content (AvgIpc) is 2.72. The molecule has 0 heterocycles. The van der Waals surface area contributed by atoms with Gasteiger partial charge in [0.05, 0.1) is 16.9 Å². The van der Waals surface area contributed by atoms with Crippen LogP contribution >= 0.6 is 11.8 Å². The van der Waals surface area contributed by atoms with Gasteiger partial charge in [-0.25, -0.2) is 13.6 Å². The number of nitrogens with zero attached hydrogens (tertiary/aromatic N) is 2. The summed E-state index contributed by atoms with van der Waals surface area (Å²) in [4.78, 5) is 14.8. The van der Waals surface area contributed by atoms with Crippen LogP contribution in [-0.4, -0.2) is 11.1 Å². The van der Waals surface area contributed by atoms with E-state index >= 15 is 4.39 Å². The third kappa shape index (κ3) is 4.66. The number of carbonyl (C=O) groups is 1. The lowest BCUT2D eigenvalue weighted by molar-refractivity contribution is 0.0697. The zero-order chi connectivity index (χ0) is 20.8. The van der Waals surface area contributed by atoms with Crippen LogP contribution in [0.3, 0.4) is 0 Å². The van der Waals surface area contributed by atoms with Gasteiger partial charge in [-0.1, -0.05) is 42.5 Å². The summed E-state index contributed by atoms with van der Waals surface area (Å²) in [6, 6.07) is 16.1. The highest BCUT2D eigenvalue weighted by atomic mass is 32.2. The number of carboxylic acids is 1. The second-order valence-corrected chi connectivity index (χ2v) is 6.86. The first kappa shape index (κ1) is 20.2. The van der Waals surface area contributed by atoms with E-state index in [-0.39, 0.29) is 21.8 Å². The third-order valence-corrected chi connectivity index (χ3v) is 5.06. The largest absolute Gasteiger partial charge is 0.478 e. The van der Waals surface area contributed by atoms with Crippen molar-refractivity contribution in [2.75, 3.05) is 5.32 Å². The lowest BCUT2D eigenvalue weighted by Crippen LogP contribution is -2.07. The molecule has 0 aromatic heterocycles. The van der Waals surface area contributed by atoms with Gasteiger partial charge in [-0.2, -0.15) is 0 Å². The van der Waals surface area contributed by atoms with E-state index in [2.05, 4.69) is 15.3 Å². The highest BCUT2D eigenvalue weighted by Crippen LogP contribution is 2.40. The Balaban J connectivity index is 2.07. The molecular weight excluding hydrogens is 398 g/mol. The van der Waals surface area contributed by atoms with Gasteiger partial charge in [0, 0.05) is 10.6 Å². The predicted octanol–water partition coefficient (Wildman–Crippen LogP) is 5.88. The molecule has 3 rings (SSSR count). The van der Waals surface area contributed by atoms with Crippen molar-refractivity contribution in [1.82, 2.24) is 4.91 Å². The maximum atomic E-state index is 15.2. The molecule has 0 amide bonds. The fourth-order valence-electron chi connectivity index (χ4n) is 2.59. The Bertz CT molecular complexity index is 1100. The SMILES string of the molecule is N=[N+]=Nc1c(SCc2ccccc2)cc(C(=O)O)c(Nc2ccccc2F)c1F. The van der Waals surface area contributed by atoms with Crippen LogP contribution in [0.25, 0.3) is 0 Å². The van der Waals surface area contributed by atoms with Gasteiger partial charge in [0.2, 0.25) is 10.6 Å². The third-order valence-electron chi connectivity index (χ3n) is 3.96. The number of rotatable bonds is 7. The maximum absolute atomic E-state index is 15.2. The van der Waals surface area contributed by atoms with E-state index in [1.165, 1.54) is 24.3 Å². The number of hydrogen-bond donors (Lipinski definition) is 3. The van der Waals surface area contributed by atoms with Gasteiger partial charge in [-0.3, -0.25) is 0 Å². The molecular formula is C20H15F2N4O2S+. The minimum absolute atomic E-state index is 0.0904. The van der Waals surface area contributed by atoms with Crippen LogP contribution in [0.1, 0.15) is 15.9 Å². The molecule has 3 N–H and O–H groups in total. The van der Waals surface area contributed by atoms with Crippen LogP contribution in [0.2, 0.25) is 0 Å². The quantitative estimate of drug-likeness (QED) is 0.256. The summed E-state index contributed by atoms with van der Waals surface area (Å²) in [5, 5.41) is 15.6. The summed E-state index contributed by atoms with van der Waals surface area (Å²) in [6.07, 6.45) is 0. The number of thioether (sulfide) groups is 1. The van der Waals surface area contributed by atoms with Crippen LogP contribution in [0.4, 0.5) is 25.8 Å². The molecule has 0 aliphatic carbocycles. The standard InChI is InChI=1S/C20H14F2N4O2S/c21-14-8-4-5-9-15(14)24-18-13(20(27)28)10-16(19(17(18)22)25-26-23)29-11-12-6-2-1-3-7-12/h1-10,23-24H,11H2/p+1. The number of hydrogen-bond acceptors (Lipinski definition) is 5. The Morgan fingerprint density at radius 1 is 1.14 bits per heavy atom. The normalized spacial score (nSPS) is 10.3. The van der Waals surface area contributed by atoms with Crippen LogP contribution in [0.5, 0.6) is 0 Å². The van der Waals surface area contributed by atoms with Crippen molar-refractivity contribution in [3.63, 3.8) is 0 Å². The molecule has 0 fully saturated rings. The number of halogens is 2. The van der Waals surface area contributed by atoms with E-state index in [1.54, 1.807) is 0 Å². The Labute approximate surface area is 168 Å². The second kappa shape index (κ2) is 9.09. The highest BCUT2D eigenvalue weighted by molar-refractivity contribution is 7.98. The van der Waals surface area contributed by atoms with E-state index in [0.29, 0.717) is 5.75 Å². The molecule has 29 heavy (non-hydrogen) atoms. The van der Waals surface area contributed by atoms with Crippen molar-refractivity contribution >= 4 is 34.8 Å². The van der Waals surface area contributed by atoms with Crippen LogP contribution in [-0.2, 0) is 5.75 Å². The lowest BCUT2D eigenvalue weighted by Gasteiger charge is -2.14. The van der Waals surface area contributed by atoms with Gasteiger partial charge in [0.25, 0.3) is 0 Å². The summed E-state index contributed by atoms with van der Waals surface area (Å²) in [6.45, 7) is 0. The fourth-order valence-corrected chi connectivity index (χ4v) is 3.58. The molecule has 0 saturated heterocycles. The molecule has 0 atom stereocenters. The number of para-hydroxylation sites is 1. The smallest absolute Gasteiger partial charge is 0.337 e. The van der Waals surface area contributed by atoms with Crippen LogP contribution in [0.15, 0.2) is 70.7 Å². The topological polar surface area (TPSA) is 99.6 Å². The molecule has 0 bridgehead atoms. The van der Waals surface area contributed by atoms with Crippen molar-refractivity contribution in [2.45, 2.75) is 10.6 Å². The minimum atomic E-state index is -1.39. The van der Waals surface area contributed by atoms with E-state index in [1.807, 2.05) is 30.3 Å². The Morgan fingerprint density at radius 3 is 2.48 bits per heavy atom. The van der Waals surface area contributed by atoms with E-state index in [9.17, 15) is 14.3 Å². The monoisotopic (exact) mass is 413 g/mol. The van der Waals surface area contributed by atoms with E-state index in [4.69, 9.17) is 5.53 Å². The Kier molecular flexibility index (Phi) is 6.33. The molecule has 9 heteroatoms. The lowest BCUT2D eigenvalue weighted by atomic mass is 10.1. The Hall–Kier alpha value is -3.55. The summed E-state index contributed by atoms with van der Waals surface area (Å²) < 4.78 is 29.2. The molecule has 0 aliphatic heterocycles. The second-order valence-electron chi connectivity index (χ2n) is 5.84. The first-order valence-electron chi connectivity index (χ1n) is 8.36. The van der Waals surface area contributed by atoms with Crippen molar-refractivity contribution in [1.29, 1.82) is 5.53 Å². The number of benzene rings is 3. The van der Waals surface area contributed by atoms with Crippen molar-refractivity contribution < 1.29 is 18.7 Å². The summed E-state index contributed by atoms with van der Waals surface area (Å²) in [5.74, 6) is -2.66. The van der Waals surface area contributed by atoms with E-state index in [0.717, 1.165) is 23.4 Å². The molecule has 3 aromatic carbocycles. The zero-order valence-electron chi connectivity index (χ0n) is 14.9. The molecule has 6 nitrogen and oxygen atoms in total. The van der Waals surface area contributed by atoms with Gasteiger partial charge in [0.1, 0.15) is 11.3 Å². The number of anilines is 2. The fraction of sp³-hybridized carbons (Fsp3) is 0.0500. The number of carboxylic acid groups (broad SMARTS) is 1. The van der Waals surface area contributed by atoms with Gasteiger partial charge in [0.15, 0.2) is 10.9 Å². The maximum Gasteiger partial charge on any atom is 0.337 e. The van der Waals surface area contributed by atoms with Crippen molar-refractivity contribution in [2.24, 2.45) is 5.11 Å². The molecule has 146 valence electrons. The first-order chi connectivity index (χ1) is 14.0. The van der Waals surface area contributed by atoms with Gasteiger partial charge in [-0.05, 0) is 23.8 Å². The number of aromatic carboxylic acids is 1. The van der Waals surface area contributed by atoms with E-state index < -0.39 is 23.3 Å². The van der Waals surface area contributed by atoms with Gasteiger partial charge >= 0.3 is 5.97 Å². The molecule has 0 unspecified atom stereocenters. The molecule has 0 radical (unpaired) electrons. The van der Waals surface area contributed by atoms with Crippen molar-refractivity contribution in [3.8, 4) is 0 Å². The zero-order valence-corrected chi connectivity index (χ0v) is 15.7. The summed E-state index contributed by atoms with van der Waals surface area (Å²) >= 11 is 1.16. The molecule has 0 spiro atoms. The highest BCUT2D eigenvalue weighted by Gasteiger charge is 2.25. The predicted molar refractivity (Wildman–Crippen MR) is 106 cm³/mol. The molecule has 0 aliphatic rings. The van der Waals surface area contributed by atoms with Gasteiger partial charge < -0.3 is 10.4 Å². The first-order valence-corrected chi connectivity index (χ1v) is 9.35. The summed E-state index contributed by atoms with van der Waals surface area (Å²) in [5.41, 5.74) is 6.71. The van der Waals surface area contributed by atoms with Gasteiger partial charge in [-0.15, -0.1) is 11.8 Å². The minimum Gasteiger partial charge on any atom is -0.478 e.